The summed E-state index contributed by atoms with van der Waals surface area (Å²) in [6.45, 7) is 1.74. The van der Waals surface area contributed by atoms with Crippen molar-refractivity contribution in [3.8, 4) is 0 Å². The van der Waals surface area contributed by atoms with Crippen LogP contribution in [0.15, 0.2) is 22.7 Å². The molecule has 1 aromatic rings. The number of rotatable bonds is 4. The highest BCUT2D eigenvalue weighted by atomic mass is 79.9. The first-order chi connectivity index (χ1) is 9.06. The number of β-amino-alcohol motifs (C(OH)–C–C–N with tert-alkyl or cyclic N) is 1. The fraction of sp³-hybridized carbons (Fsp3) is 0.462. The lowest BCUT2D eigenvalue weighted by Crippen LogP contribution is -2.35. The summed E-state index contributed by atoms with van der Waals surface area (Å²) in [4.78, 5) is 11.7. The lowest BCUT2D eigenvalue weighted by molar-refractivity contribution is -0.120. The summed E-state index contributed by atoms with van der Waals surface area (Å²) < 4.78 is 13.4. The van der Waals surface area contributed by atoms with Gasteiger partial charge in [0.15, 0.2) is 0 Å². The second-order valence-corrected chi connectivity index (χ2v) is 5.57. The summed E-state index contributed by atoms with van der Waals surface area (Å²) in [6, 6.07) is 4.52. The molecule has 1 aliphatic rings. The van der Waals surface area contributed by atoms with Gasteiger partial charge >= 0.3 is 0 Å². The van der Waals surface area contributed by atoms with Crippen molar-refractivity contribution in [3.63, 3.8) is 0 Å². The summed E-state index contributed by atoms with van der Waals surface area (Å²) in [7, 11) is 0. The van der Waals surface area contributed by atoms with Gasteiger partial charge in [0, 0.05) is 25.6 Å². The summed E-state index contributed by atoms with van der Waals surface area (Å²) in [5.74, 6) is -0.411. The molecule has 0 spiro atoms. The van der Waals surface area contributed by atoms with Crippen LogP contribution in [0.3, 0.4) is 0 Å². The lowest BCUT2D eigenvalue weighted by Gasteiger charge is -2.14. The van der Waals surface area contributed by atoms with Crippen LogP contribution < -0.4 is 10.6 Å². The summed E-state index contributed by atoms with van der Waals surface area (Å²) in [5, 5.41) is 15.4. The van der Waals surface area contributed by atoms with Crippen LogP contribution in [-0.4, -0.2) is 36.8 Å². The third kappa shape index (κ3) is 3.99. The average Bonchev–Trinajstić information content (AvgIpc) is 2.77. The Morgan fingerprint density at radius 1 is 1.53 bits per heavy atom. The summed E-state index contributed by atoms with van der Waals surface area (Å²) in [5.41, 5.74) is 0.746. The van der Waals surface area contributed by atoms with Crippen molar-refractivity contribution in [1.82, 2.24) is 10.6 Å². The molecular formula is C13H16BrFN2O2. The maximum atomic E-state index is 13.0. The third-order valence-electron chi connectivity index (χ3n) is 3.21. The van der Waals surface area contributed by atoms with E-state index in [0.29, 0.717) is 24.1 Å². The molecule has 6 heteroatoms. The maximum absolute atomic E-state index is 13.0. The van der Waals surface area contributed by atoms with Gasteiger partial charge in [0.25, 0.3) is 0 Å². The Labute approximate surface area is 119 Å². The van der Waals surface area contributed by atoms with E-state index < -0.39 is 6.10 Å². The average molecular weight is 331 g/mol. The highest BCUT2D eigenvalue weighted by molar-refractivity contribution is 9.10. The molecular weight excluding hydrogens is 315 g/mol. The molecule has 0 aliphatic carbocycles. The van der Waals surface area contributed by atoms with Crippen LogP contribution in [0.4, 0.5) is 4.39 Å². The van der Waals surface area contributed by atoms with Gasteiger partial charge in [0.1, 0.15) is 5.82 Å². The number of carbonyl (C=O) groups is 1. The standard InChI is InChI=1S/C13H16BrFN2O2/c14-10-3-8(1-2-11(10)15)4-13(19)17-6-9-5-16-7-12(9)18/h1-3,9,12,16,18H,4-7H2,(H,17,19). The minimum absolute atomic E-state index is 0.0592. The molecule has 0 radical (unpaired) electrons. The van der Waals surface area contributed by atoms with Gasteiger partial charge in [-0.2, -0.15) is 0 Å². The molecule has 0 aromatic heterocycles. The second-order valence-electron chi connectivity index (χ2n) is 4.71. The van der Waals surface area contributed by atoms with E-state index in [9.17, 15) is 14.3 Å². The number of halogens is 2. The molecule has 1 aliphatic heterocycles. The van der Waals surface area contributed by atoms with E-state index in [0.717, 1.165) is 5.56 Å². The lowest BCUT2D eigenvalue weighted by atomic mass is 10.1. The van der Waals surface area contributed by atoms with Crippen LogP contribution in [0.5, 0.6) is 0 Å². The molecule has 1 aromatic carbocycles. The molecule has 2 rings (SSSR count). The topological polar surface area (TPSA) is 61.4 Å². The first kappa shape index (κ1) is 14.4. The maximum Gasteiger partial charge on any atom is 0.224 e. The number of benzene rings is 1. The van der Waals surface area contributed by atoms with E-state index in [1.165, 1.54) is 6.07 Å². The van der Waals surface area contributed by atoms with Crippen molar-refractivity contribution >= 4 is 21.8 Å². The number of carbonyl (C=O) groups excluding carboxylic acids is 1. The second kappa shape index (κ2) is 6.45. The Hall–Kier alpha value is -0.980. The van der Waals surface area contributed by atoms with E-state index in [1.807, 2.05) is 0 Å². The molecule has 0 bridgehead atoms. The predicted octanol–water partition coefficient (Wildman–Crippen LogP) is 0.827. The Morgan fingerprint density at radius 3 is 2.95 bits per heavy atom. The molecule has 1 amide bonds. The van der Waals surface area contributed by atoms with Gasteiger partial charge in [-0.25, -0.2) is 4.39 Å². The number of hydrogen-bond acceptors (Lipinski definition) is 3. The van der Waals surface area contributed by atoms with Crippen LogP contribution in [0.2, 0.25) is 0 Å². The zero-order valence-corrected chi connectivity index (χ0v) is 11.9. The molecule has 3 N–H and O–H groups in total. The van der Waals surface area contributed by atoms with Crippen LogP contribution in [0.25, 0.3) is 0 Å². The Kier molecular flexibility index (Phi) is 4.90. The van der Waals surface area contributed by atoms with Gasteiger partial charge in [0.05, 0.1) is 17.0 Å². The van der Waals surface area contributed by atoms with Crippen LogP contribution in [0.1, 0.15) is 5.56 Å². The van der Waals surface area contributed by atoms with Gasteiger partial charge < -0.3 is 15.7 Å². The first-order valence-corrected chi connectivity index (χ1v) is 6.95. The molecule has 1 saturated heterocycles. The summed E-state index contributed by atoms with van der Waals surface area (Å²) >= 11 is 3.09. The molecule has 19 heavy (non-hydrogen) atoms. The van der Waals surface area contributed by atoms with Crippen molar-refractivity contribution in [2.24, 2.45) is 5.92 Å². The number of amides is 1. The highest BCUT2D eigenvalue weighted by Crippen LogP contribution is 2.17. The van der Waals surface area contributed by atoms with Gasteiger partial charge in [-0.1, -0.05) is 6.07 Å². The third-order valence-corrected chi connectivity index (χ3v) is 3.82. The number of aliphatic hydroxyl groups excluding tert-OH is 1. The molecule has 4 nitrogen and oxygen atoms in total. The Bertz CT molecular complexity index is 470. The van der Waals surface area contributed by atoms with Crippen molar-refractivity contribution in [3.05, 3.63) is 34.1 Å². The SMILES string of the molecule is O=C(Cc1ccc(F)c(Br)c1)NCC1CNCC1O. The minimum Gasteiger partial charge on any atom is -0.391 e. The van der Waals surface area contributed by atoms with E-state index >= 15 is 0 Å². The molecule has 0 saturated carbocycles. The fourth-order valence-corrected chi connectivity index (χ4v) is 2.50. The molecule has 2 atom stereocenters. The largest absolute Gasteiger partial charge is 0.391 e. The van der Waals surface area contributed by atoms with Crippen molar-refractivity contribution < 1.29 is 14.3 Å². The van der Waals surface area contributed by atoms with Crippen LogP contribution in [-0.2, 0) is 11.2 Å². The van der Waals surface area contributed by atoms with Crippen LogP contribution in [0, 0.1) is 11.7 Å². The first-order valence-electron chi connectivity index (χ1n) is 6.15. The van der Waals surface area contributed by atoms with Crippen molar-refractivity contribution in [1.29, 1.82) is 0 Å². The zero-order valence-electron chi connectivity index (χ0n) is 10.3. The summed E-state index contributed by atoms with van der Waals surface area (Å²) in [6.07, 6.45) is -0.199. The molecule has 1 heterocycles. The molecule has 2 unspecified atom stereocenters. The Morgan fingerprint density at radius 2 is 2.32 bits per heavy atom. The van der Waals surface area contributed by atoms with Crippen molar-refractivity contribution in [2.45, 2.75) is 12.5 Å². The van der Waals surface area contributed by atoms with Crippen LogP contribution >= 0.6 is 15.9 Å². The number of hydrogen-bond donors (Lipinski definition) is 3. The number of nitrogens with one attached hydrogen (secondary N) is 2. The fourth-order valence-electron chi connectivity index (χ4n) is 2.07. The minimum atomic E-state index is -0.403. The Balaban J connectivity index is 1.82. The quantitative estimate of drug-likeness (QED) is 0.766. The van der Waals surface area contributed by atoms with E-state index in [-0.39, 0.29) is 24.1 Å². The van der Waals surface area contributed by atoms with Gasteiger partial charge in [0.2, 0.25) is 5.91 Å². The predicted molar refractivity (Wildman–Crippen MR) is 73.2 cm³/mol. The van der Waals surface area contributed by atoms with E-state index in [4.69, 9.17) is 0 Å². The van der Waals surface area contributed by atoms with Crippen molar-refractivity contribution in [2.75, 3.05) is 19.6 Å². The molecule has 104 valence electrons. The highest BCUT2D eigenvalue weighted by Gasteiger charge is 2.24. The van der Waals surface area contributed by atoms with Gasteiger partial charge in [-0.3, -0.25) is 4.79 Å². The van der Waals surface area contributed by atoms with E-state index in [1.54, 1.807) is 12.1 Å². The monoisotopic (exact) mass is 330 g/mol. The number of aliphatic hydroxyl groups is 1. The van der Waals surface area contributed by atoms with E-state index in [2.05, 4.69) is 26.6 Å². The smallest absolute Gasteiger partial charge is 0.224 e. The molecule has 1 fully saturated rings. The van der Waals surface area contributed by atoms with Gasteiger partial charge in [-0.05, 0) is 33.6 Å². The van der Waals surface area contributed by atoms with Gasteiger partial charge in [-0.15, -0.1) is 0 Å². The zero-order chi connectivity index (χ0) is 13.8. The normalized spacial score (nSPS) is 22.5.